The van der Waals surface area contributed by atoms with Gasteiger partial charge in [-0.2, -0.15) is 10.1 Å². The summed E-state index contributed by atoms with van der Waals surface area (Å²) in [6, 6.07) is 17.3. The van der Waals surface area contributed by atoms with E-state index >= 15 is 0 Å². The van der Waals surface area contributed by atoms with Crippen molar-refractivity contribution < 1.29 is 9.47 Å². The molecule has 7 nitrogen and oxygen atoms in total. The molecule has 1 aliphatic rings. The smallest absolute Gasteiger partial charge is 0.249 e. The van der Waals surface area contributed by atoms with Crippen LogP contribution < -0.4 is 15.0 Å². The van der Waals surface area contributed by atoms with Gasteiger partial charge in [0.2, 0.25) is 5.95 Å². The van der Waals surface area contributed by atoms with Gasteiger partial charge in [0.1, 0.15) is 11.5 Å². The summed E-state index contributed by atoms with van der Waals surface area (Å²) >= 11 is 0. The summed E-state index contributed by atoms with van der Waals surface area (Å²) in [5, 5.41) is 11.3. The van der Waals surface area contributed by atoms with Crippen molar-refractivity contribution in [1.82, 2.24) is 15.2 Å². The second-order valence-corrected chi connectivity index (χ2v) is 5.80. The third kappa shape index (κ3) is 4.07. The van der Waals surface area contributed by atoms with Crippen LogP contribution in [0.3, 0.4) is 0 Å². The number of anilines is 3. The largest absolute Gasteiger partial charge is 0.457 e. The molecule has 1 aliphatic heterocycles. The van der Waals surface area contributed by atoms with E-state index in [-0.39, 0.29) is 0 Å². The summed E-state index contributed by atoms with van der Waals surface area (Å²) < 4.78 is 11.2. The lowest BCUT2D eigenvalue weighted by atomic mass is 10.3. The SMILES string of the molecule is c1ccc(Oc2ccc(Nc3nncc(N4CCOCC4)n3)cc2)cc1. The molecular weight excluding hydrogens is 330 g/mol. The first kappa shape index (κ1) is 16.3. The van der Waals surface area contributed by atoms with Crippen LogP contribution in [0.1, 0.15) is 0 Å². The van der Waals surface area contributed by atoms with E-state index < -0.39 is 0 Å². The molecule has 0 bridgehead atoms. The Morgan fingerprint density at radius 2 is 1.65 bits per heavy atom. The van der Waals surface area contributed by atoms with E-state index in [0.717, 1.165) is 36.1 Å². The molecule has 4 rings (SSSR count). The van der Waals surface area contributed by atoms with E-state index in [1.54, 1.807) is 6.20 Å². The molecule has 1 fully saturated rings. The summed E-state index contributed by atoms with van der Waals surface area (Å²) in [6.45, 7) is 3.03. The number of rotatable bonds is 5. The predicted octanol–water partition coefficient (Wildman–Crippen LogP) is 3.24. The van der Waals surface area contributed by atoms with Crippen molar-refractivity contribution in [2.75, 3.05) is 36.5 Å². The maximum absolute atomic E-state index is 5.79. The number of aromatic nitrogens is 3. The van der Waals surface area contributed by atoms with Crippen molar-refractivity contribution in [1.29, 1.82) is 0 Å². The first-order chi connectivity index (χ1) is 12.9. The van der Waals surface area contributed by atoms with Crippen LogP contribution in [0.2, 0.25) is 0 Å². The fourth-order valence-corrected chi connectivity index (χ4v) is 2.65. The van der Waals surface area contributed by atoms with Crippen LogP contribution in [0.15, 0.2) is 60.8 Å². The lowest BCUT2D eigenvalue weighted by molar-refractivity contribution is 0.122. The summed E-state index contributed by atoms with van der Waals surface area (Å²) in [5.41, 5.74) is 0.867. The molecule has 0 saturated carbocycles. The van der Waals surface area contributed by atoms with E-state index in [1.807, 2.05) is 54.6 Å². The van der Waals surface area contributed by atoms with Crippen molar-refractivity contribution in [3.8, 4) is 11.5 Å². The Hall–Kier alpha value is -3.19. The highest BCUT2D eigenvalue weighted by atomic mass is 16.5. The maximum atomic E-state index is 5.79. The Kier molecular flexibility index (Phi) is 4.88. The van der Waals surface area contributed by atoms with Crippen LogP contribution in [0.25, 0.3) is 0 Å². The van der Waals surface area contributed by atoms with E-state index in [4.69, 9.17) is 9.47 Å². The predicted molar refractivity (Wildman–Crippen MR) is 99.1 cm³/mol. The molecular formula is C19H19N5O2. The molecule has 2 aromatic carbocycles. The second kappa shape index (κ2) is 7.79. The van der Waals surface area contributed by atoms with Crippen molar-refractivity contribution >= 4 is 17.5 Å². The van der Waals surface area contributed by atoms with Gasteiger partial charge in [0.25, 0.3) is 0 Å². The number of benzene rings is 2. The Bertz CT molecular complexity index is 836. The molecule has 0 spiro atoms. The van der Waals surface area contributed by atoms with Gasteiger partial charge in [0.15, 0.2) is 5.82 Å². The number of ether oxygens (including phenoxy) is 2. The standard InChI is InChI=1S/C19H19N5O2/c1-2-4-16(5-3-1)26-17-8-6-15(7-9-17)21-19-22-18(14-20-23-19)24-10-12-25-13-11-24/h1-9,14H,10-13H2,(H,21,22,23). The molecule has 1 N–H and O–H groups in total. The Morgan fingerprint density at radius 3 is 2.42 bits per heavy atom. The Balaban J connectivity index is 1.42. The zero-order valence-electron chi connectivity index (χ0n) is 14.2. The molecule has 0 radical (unpaired) electrons. The molecule has 26 heavy (non-hydrogen) atoms. The van der Waals surface area contributed by atoms with Crippen molar-refractivity contribution in [2.45, 2.75) is 0 Å². The molecule has 132 valence electrons. The normalized spacial score (nSPS) is 14.1. The van der Waals surface area contributed by atoms with Crippen LogP contribution in [0.5, 0.6) is 11.5 Å². The number of nitrogens with zero attached hydrogens (tertiary/aromatic N) is 4. The van der Waals surface area contributed by atoms with Crippen LogP contribution in [-0.4, -0.2) is 41.5 Å². The van der Waals surface area contributed by atoms with Crippen LogP contribution in [0, 0.1) is 0 Å². The van der Waals surface area contributed by atoms with Gasteiger partial charge >= 0.3 is 0 Å². The monoisotopic (exact) mass is 349 g/mol. The van der Waals surface area contributed by atoms with Crippen LogP contribution in [-0.2, 0) is 4.74 Å². The van der Waals surface area contributed by atoms with Crippen LogP contribution in [0.4, 0.5) is 17.5 Å². The van der Waals surface area contributed by atoms with E-state index in [0.29, 0.717) is 19.2 Å². The third-order valence-corrected chi connectivity index (χ3v) is 3.97. The number of para-hydroxylation sites is 1. The highest BCUT2D eigenvalue weighted by Gasteiger charge is 2.13. The van der Waals surface area contributed by atoms with Gasteiger partial charge in [-0.1, -0.05) is 18.2 Å². The molecule has 0 amide bonds. The van der Waals surface area contributed by atoms with Gasteiger partial charge in [0, 0.05) is 18.8 Å². The first-order valence-electron chi connectivity index (χ1n) is 8.49. The highest BCUT2D eigenvalue weighted by molar-refractivity contribution is 5.55. The lowest BCUT2D eigenvalue weighted by Crippen LogP contribution is -2.36. The minimum Gasteiger partial charge on any atom is -0.457 e. The van der Waals surface area contributed by atoms with Gasteiger partial charge in [-0.3, -0.25) is 0 Å². The van der Waals surface area contributed by atoms with Gasteiger partial charge in [-0.15, -0.1) is 5.10 Å². The molecule has 2 heterocycles. The lowest BCUT2D eigenvalue weighted by Gasteiger charge is -2.27. The maximum Gasteiger partial charge on any atom is 0.249 e. The topological polar surface area (TPSA) is 72.4 Å². The van der Waals surface area contributed by atoms with E-state index in [1.165, 1.54) is 0 Å². The van der Waals surface area contributed by atoms with Crippen molar-refractivity contribution in [3.05, 3.63) is 60.8 Å². The number of nitrogens with one attached hydrogen (secondary N) is 1. The zero-order valence-corrected chi connectivity index (χ0v) is 14.2. The summed E-state index contributed by atoms with van der Waals surface area (Å²) in [7, 11) is 0. The zero-order chi connectivity index (χ0) is 17.6. The molecule has 0 atom stereocenters. The third-order valence-electron chi connectivity index (χ3n) is 3.97. The quantitative estimate of drug-likeness (QED) is 0.758. The average Bonchev–Trinajstić information content (AvgIpc) is 2.71. The van der Waals surface area contributed by atoms with Crippen molar-refractivity contribution in [3.63, 3.8) is 0 Å². The van der Waals surface area contributed by atoms with Crippen molar-refractivity contribution in [2.24, 2.45) is 0 Å². The second-order valence-electron chi connectivity index (χ2n) is 5.80. The van der Waals surface area contributed by atoms with Gasteiger partial charge in [-0.25, -0.2) is 0 Å². The van der Waals surface area contributed by atoms with Crippen LogP contribution >= 0.6 is 0 Å². The molecule has 1 aromatic heterocycles. The molecule has 0 aliphatic carbocycles. The summed E-state index contributed by atoms with van der Waals surface area (Å²) in [4.78, 5) is 6.68. The molecule has 3 aromatic rings. The molecule has 1 saturated heterocycles. The number of hydrogen-bond acceptors (Lipinski definition) is 7. The summed E-state index contributed by atoms with van der Waals surface area (Å²) in [6.07, 6.45) is 1.67. The fraction of sp³-hybridized carbons (Fsp3) is 0.211. The number of hydrogen-bond donors (Lipinski definition) is 1. The number of morpholine rings is 1. The first-order valence-corrected chi connectivity index (χ1v) is 8.49. The molecule has 0 unspecified atom stereocenters. The summed E-state index contributed by atoms with van der Waals surface area (Å²) in [5.74, 6) is 2.84. The average molecular weight is 349 g/mol. The van der Waals surface area contributed by atoms with Gasteiger partial charge in [-0.05, 0) is 36.4 Å². The van der Waals surface area contributed by atoms with Gasteiger partial charge in [0.05, 0.1) is 19.4 Å². The highest BCUT2D eigenvalue weighted by Crippen LogP contribution is 2.24. The van der Waals surface area contributed by atoms with E-state index in [2.05, 4.69) is 25.4 Å². The minimum absolute atomic E-state index is 0.464. The Labute approximate surface area is 151 Å². The Morgan fingerprint density at radius 1 is 0.923 bits per heavy atom. The van der Waals surface area contributed by atoms with Gasteiger partial charge < -0.3 is 19.7 Å². The fourth-order valence-electron chi connectivity index (χ4n) is 2.65. The van der Waals surface area contributed by atoms with E-state index in [9.17, 15) is 0 Å². The molecule has 7 heteroatoms. The minimum atomic E-state index is 0.464.